The predicted octanol–water partition coefficient (Wildman–Crippen LogP) is 3.27. The van der Waals surface area contributed by atoms with Gasteiger partial charge in [-0.15, -0.1) is 12.3 Å². The van der Waals surface area contributed by atoms with Crippen molar-refractivity contribution in [3.63, 3.8) is 0 Å². The molecule has 1 nitrogen and oxygen atoms in total. The average molecular weight is 228 g/mol. The maximum Gasteiger partial charge on any atom is 0.0637 e. The Bertz CT molecular complexity index is 384. The molecule has 0 radical (unpaired) electrons. The first-order chi connectivity index (χ1) is 8.29. The first-order valence-corrected chi connectivity index (χ1v) is 6.47. The normalized spacial score (nSPS) is 19.1. The summed E-state index contributed by atoms with van der Waals surface area (Å²) >= 11 is 0. The number of rotatable bonds is 5. The van der Waals surface area contributed by atoms with Crippen LogP contribution in [0.4, 0.5) is 0 Å². The van der Waals surface area contributed by atoms with Crippen LogP contribution in [0, 0.1) is 12.3 Å². The molecule has 1 aliphatic rings. The maximum atomic E-state index is 10.4. The van der Waals surface area contributed by atoms with E-state index >= 15 is 0 Å². The van der Waals surface area contributed by atoms with Crippen molar-refractivity contribution in [2.45, 2.75) is 50.0 Å². The fraction of sp³-hybridized carbons (Fsp3) is 0.500. The first kappa shape index (κ1) is 12.2. The van der Waals surface area contributed by atoms with Crippen LogP contribution in [0.15, 0.2) is 30.3 Å². The van der Waals surface area contributed by atoms with E-state index in [1.807, 2.05) is 6.07 Å². The average Bonchev–Trinajstić information content (AvgIpc) is 2.29. The second-order valence-corrected chi connectivity index (χ2v) is 4.99. The molecule has 0 aliphatic heterocycles. The van der Waals surface area contributed by atoms with E-state index in [-0.39, 0.29) is 11.5 Å². The van der Waals surface area contributed by atoms with E-state index in [9.17, 15) is 5.11 Å². The summed E-state index contributed by atoms with van der Waals surface area (Å²) in [6, 6.07) is 10.4. The summed E-state index contributed by atoms with van der Waals surface area (Å²) in [5.74, 6) is 2.64. The first-order valence-electron chi connectivity index (χ1n) is 6.47. The molecule has 2 rings (SSSR count). The molecule has 0 heterocycles. The minimum absolute atomic E-state index is 0.00978. The Morgan fingerprint density at radius 2 is 2.00 bits per heavy atom. The van der Waals surface area contributed by atoms with E-state index < -0.39 is 0 Å². The molecule has 90 valence electrons. The van der Waals surface area contributed by atoms with Gasteiger partial charge in [0.2, 0.25) is 0 Å². The summed E-state index contributed by atoms with van der Waals surface area (Å²) in [5, 5.41) is 10.4. The van der Waals surface area contributed by atoms with E-state index in [0.717, 1.165) is 32.1 Å². The topological polar surface area (TPSA) is 20.2 Å². The van der Waals surface area contributed by atoms with Crippen molar-refractivity contribution < 1.29 is 5.11 Å². The number of hydrogen-bond donors (Lipinski definition) is 1. The molecule has 1 aromatic rings. The van der Waals surface area contributed by atoms with Crippen LogP contribution in [0.3, 0.4) is 0 Å². The monoisotopic (exact) mass is 228 g/mol. The third-order valence-corrected chi connectivity index (χ3v) is 4.03. The number of benzene rings is 1. The van der Waals surface area contributed by atoms with E-state index in [1.54, 1.807) is 0 Å². The van der Waals surface area contributed by atoms with Gasteiger partial charge >= 0.3 is 0 Å². The summed E-state index contributed by atoms with van der Waals surface area (Å²) in [5.41, 5.74) is 1.30. The molecule has 1 aromatic carbocycles. The molecule has 1 fully saturated rings. The summed E-state index contributed by atoms with van der Waals surface area (Å²) in [6.07, 6.45) is 10.9. The summed E-state index contributed by atoms with van der Waals surface area (Å²) in [4.78, 5) is 0. The second-order valence-electron chi connectivity index (χ2n) is 4.99. The largest absolute Gasteiger partial charge is 0.392 e. The van der Waals surface area contributed by atoms with Gasteiger partial charge in [-0.1, -0.05) is 36.8 Å². The Hall–Kier alpha value is -1.26. The minimum atomic E-state index is -0.244. The van der Waals surface area contributed by atoms with Crippen molar-refractivity contribution in [1.82, 2.24) is 0 Å². The molecular weight excluding hydrogens is 208 g/mol. The number of hydrogen-bond acceptors (Lipinski definition) is 1. The number of aliphatic hydroxyl groups is 1. The Morgan fingerprint density at radius 1 is 1.29 bits per heavy atom. The molecule has 1 atom stereocenters. The van der Waals surface area contributed by atoms with Crippen LogP contribution in [-0.4, -0.2) is 11.2 Å². The van der Waals surface area contributed by atoms with Gasteiger partial charge in [0, 0.05) is 11.8 Å². The van der Waals surface area contributed by atoms with Gasteiger partial charge in [-0.05, 0) is 31.2 Å². The lowest BCUT2D eigenvalue weighted by molar-refractivity contribution is 0.0212. The summed E-state index contributed by atoms with van der Waals surface area (Å²) < 4.78 is 0. The Morgan fingerprint density at radius 3 is 2.53 bits per heavy atom. The van der Waals surface area contributed by atoms with Crippen LogP contribution in [-0.2, 0) is 5.41 Å². The van der Waals surface area contributed by atoms with Gasteiger partial charge < -0.3 is 5.11 Å². The quantitative estimate of drug-likeness (QED) is 0.606. The van der Waals surface area contributed by atoms with Crippen LogP contribution in [0.5, 0.6) is 0 Å². The highest BCUT2D eigenvalue weighted by atomic mass is 16.3. The number of aliphatic hydroxyl groups excluding tert-OH is 1. The molecule has 0 bridgehead atoms. The van der Waals surface area contributed by atoms with Gasteiger partial charge in [-0.25, -0.2) is 0 Å². The molecule has 1 saturated carbocycles. The smallest absolute Gasteiger partial charge is 0.0637 e. The number of unbranched alkanes of at least 4 members (excludes halogenated alkanes) is 1. The van der Waals surface area contributed by atoms with E-state index in [0.29, 0.717) is 0 Å². The molecule has 17 heavy (non-hydrogen) atoms. The van der Waals surface area contributed by atoms with E-state index in [1.165, 1.54) is 12.0 Å². The van der Waals surface area contributed by atoms with Crippen LogP contribution in [0.1, 0.15) is 44.1 Å². The number of terminal acetylenes is 1. The third kappa shape index (κ3) is 2.37. The Kier molecular flexibility index (Phi) is 3.86. The molecule has 1 aliphatic carbocycles. The van der Waals surface area contributed by atoms with Crippen LogP contribution < -0.4 is 0 Å². The van der Waals surface area contributed by atoms with Crippen molar-refractivity contribution in [3.8, 4) is 12.3 Å². The Labute approximate surface area is 104 Å². The van der Waals surface area contributed by atoms with Crippen LogP contribution >= 0.6 is 0 Å². The van der Waals surface area contributed by atoms with Gasteiger partial charge in [0.1, 0.15) is 0 Å². The van der Waals surface area contributed by atoms with Crippen molar-refractivity contribution in [1.29, 1.82) is 0 Å². The highest BCUT2D eigenvalue weighted by Crippen LogP contribution is 2.47. The van der Waals surface area contributed by atoms with Gasteiger partial charge in [0.25, 0.3) is 0 Å². The van der Waals surface area contributed by atoms with Crippen LogP contribution in [0.25, 0.3) is 0 Å². The zero-order valence-corrected chi connectivity index (χ0v) is 10.2. The highest BCUT2D eigenvalue weighted by Gasteiger charge is 2.44. The van der Waals surface area contributed by atoms with Gasteiger partial charge in [-0.3, -0.25) is 0 Å². The van der Waals surface area contributed by atoms with Crippen LogP contribution in [0.2, 0.25) is 0 Å². The van der Waals surface area contributed by atoms with Gasteiger partial charge in [0.15, 0.2) is 0 Å². The molecule has 0 spiro atoms. The van der Waals surface area contributed by atoms with Crippen molar-refractivity contribution in [3.05, 3.63) is 35.9 Å². The minimum Gasteiger partial charge on any atom is -0.392 e. The fourth-order valence-corrected chi connectivity index (χ4v) is 2.82. The van der Waals surface area contributed by atoms with E-state index in [4.69, 9.17) is 6.42 Å². The standard InChI is InChI=1S/C16H20O/c1-2-3-5-11-15(17)16(12-8-13-16)14-9-6-4-7-10-14/h1,4,6-7,9-10,15,17H,3,5,8,11-13H2. The molecule has 0 amide bonds. The van der Waals surface area contributed by atoms with Crippen molar-refractivity contribution in [2.75, 3.05) is 0 Å². The lowest BCUT2D eigenvalue weighted by Gasteiger charge is -2.46. The molecule has 0 saturated heterocycles. The highest BCUT2D eigenvalue weighted by molar-refractivity contribution is 5.29. The third-order valence-electron chi connectivity index (χ3n) is 4.03. The molecular formula is C16H20O. The Balaban J connectivity index is 2.07. The molecule has 1 N–H and O–H groups in total. The predicted molar refractivity (Wildman–Crippen MR) is 70.7 cm³/mol. The van der Waals surface area contributed by atoms with Crippen molar-refractivity contribution >= 4 is 0 Å². The molecule has 1 unspecified atom stereocenters. The SMILES string of the molecule is C#CCCCC(O)C1(c2ccccc2)CCC1. The zero-order valence-electron chi connectivity index (χ0n) is 10.2. The molecule has 1 heteroatoms. The fourth-order valence-electron chi connectivity index (χ4n) is 2.82. The van der Waals surface area contributed by atoms with E-state index in [2.05, 4.69) is 30.2 Å². The summed E-state index contributed by atoms with van der Waals surface area (Å²) in [7, 11) is 0. The maximum absolute atomic E-state index is 10.4. The lowest BCUT2D eigenvalue weighted by Crippen LogP contribution is -2.45. The molecule has 0 aromatic heterocycles. The lowest BCUT2D eigenvalue weighted by atomic mass is 9.60. The van der Waals surface area contributed by atoms with Gasteiger partial charge in [0.05, 0.1) is 6.10 Å². The zero-order chi connectivity index (χ0) is 12.1. The van der Waals surface area contributed by atoms with Crippen molar-refractivity contribution in [2.24, 2.45) is 0 Å². The van der Waals surface area contributed by atoms with Gasteiger partial charge in [-0.2, -0.15) is 0 Å². The summed E-state index contributed by atoms with van der Waals surface area (Å²) in [6.45, 7) is 0. The second kappa shape index (κ2) is 5.38.